The van der Waals surface area contributed by atoms with E-state index in [0.29, 0.717) is 62.6 Å². The summed E-state index contributed by atoms with van der Waals surface area (Å²) in [4.78, 5) is 23.0. The van der Waals surface area contributed by atoms with Gasteiger partial charge in [-0.2, -0.15) is 18.2 Å². The number of rotatable bonds is 8. The van der Waals surface area contributed by atoms with Crippen LogP contribution in [0.5, 0.6) is 0 Å². The number of halogens is 3. The average Bonchev–Trinajstić information content (AvgIpc) is 3.14. The molecular weight excluding hydrogens is 671 g/mol. The minimum absolute atomic E-state index is 0.0420. The van der Waals surface area contributed by atoms with Crippen molar-refractivity contribution >= 4 is 32.5 Å². The largest absolute Gasteiger partial charge is 0.417 e. The maximum Gasteiger partial charge on any atom is 0.417 e. The van der Waals surface area contributed by atoms with Crippen LogP contribution in [0.2, 0.25) is 0 Å². The lowest BCUT2D eigenvalue weighted by atomic mass is 9.98. The highest BCUT2D eigenvalue weighted by molar-refractivity contribution is 7.92. The first kappa shape index (κ1) is 34.6. The second kappa shape index (κ2) is 14.4. The minimum atomic E-state index is -4.92. The van der Waals surface area contributed by atoms with Gasteiger partial charge in [-0.1, -0.05) is 37.5 Å². The Bertz CT molecular complexity index is 2000. The van der Waals surface area contributed by atoms with E-state index in [1.165, 1.54) is 22.9 Å². The summed E-state index contributed by atoms with van der Waals surface area (Å²) in [6.45, 7) is 3.44. The summed E-state index contributed by atoms with van der Waals surface area (Å²) in [7, 11) is -3.99. The summed E-state index contributed by atoms with van der Waals surface area (Å²) >= 11 is 0. The zero-order valence-electron chi connectivity index (χ0n) is 27.5. The van der Waals surface area contributed by atoms with Gasteiger partial charge in [0.1, 0.15) is 5.65 Å². The number of nitrogens with one attached hydrogen (secondary N) is 2. The van der Waals surface area contributed by atoms with E-state index >= 15 is 0 Å². The molecule has 266 valence electrons. The Kier molecular flexibility index (Phi) is 9.97. The number of pyridine rings is 1. The lowest BCUT2D eigenvalue weighted by Crippen LogP contribution is -2.33. The van der Waals surface area contributed by atoms with Crippen molar-refractivity contribution in [1.29, 1.82) is 0 Å². The summed E-state index contributed by atoms with van der Waals surface area (Å²) in [5.41, 5.74) is -0.369. The van der Waals surface area contributed by atoms with Crippen molar-refractivity contribution in [3.63, 3.8) is 0 Å². The number of anilines is 2. The second-order valence-electron chi connectivity index (χ2n) is 13.3. The molecule has 2 aromatic carbocycles. The molecule has 1 unspecified atom stereocenters. The molecule has 2 N–H and O–H groups in total. The Labute approximate surface area is 288 Å². The van der Waals surface area contributed by atoms with E-state index < -0.39 is 32.4 Å². The Morgan fingerprint density at radius 1 is 0.940 bits per heavy atom. The predicted octanol–water partition coefficient (Wildman–Crippen LogP) is 6.41. The third-order valence-corrected chi connectivity index (χ3v) is 12.2. The van der Waals surface area contributed by atoms with Gasteiger partial charge in [0, 0.05) is 55.7 Å². The summed E-state index contributed by atoms with van der Waals surface area (Å²) < 4.78 is 83.7. The van der Waals surface area contributed by atoms with E-state index in [-0.39, 0.29) is 46.2 Å². The molecule has 7 rings (SSSR count). The molecule has 50 heavy (non-hydrogen) atoms. The molecule has 3 aliphatic rings. The first-order chi connectivity index (χ1) is 24.1. The first-order valence-corrected chi connectivity index (χ1v) is 18.8. The van der Waals surface area contributed by atoms with Gasteiger partial charge in [0.15, 0.2) is 9.84 Å². The number of ether oxygens (including phenoxy) is 2. The van der Waals surface area contributed by atoms with E-state index in [2.05, 4.69) is 20.6 Å². The number of aromatic nitrogens is 3. The van der Waals surface area contributed by atoms with Crippen LogP contribution in [-0.2, 0) is 32.0 Å². The molecule has 4 aromatic rings. The average molecular weight is 712 g/mol. The lowest BCUT2D eigenvalue weighted by molar-refractivity contribution is -0.137. The van der Waals surface area contributed by atoms with Crippen LogP contribution in [0, 0.1) is 5.92 Å². The van der Waals surface area contributed by atoms with Crippen LogP contribution >= 0.6 is 0 Å². The molecule has 0 amide bonds. The molecule has 1 saturated carbocycles. The summed E-state index contributed by atoms with van der Waals surface area (Å²) in [6, 6.07) is 12.1. The summed E-state index contributed by atoms with van der Waals surface area (Å²) in [5.74, 6) is 0.266. The number of benzene rings is 2. The molecule has 4 heterocycles. The van der Waals surface area contributed by atoms with Gasteiger partial charge in [0.05, 0.1) is 28.4 Å². The molecule has 1 aliphatic carbocycles. The minimum Gasteiger partial charge on any atom is -0.381 e. The molecule has 0 bridgehead atoms. The highest BCUT2D eigenvalue weighted by Crippen LogP contribution is 2.40. The SMILES string of the molecule is O=c1c(-c2ccc(S(=O)(=O)C3CCCCC3)cc2C(F)(F)F)cc2cnc(Nc3ccc(C4CNCCO4)cc3)nc2n1CC1CCOCC1. The number of alkyl halides is 3. The number of hydrogen-bond donors (Lipinski definition) is 2. The van der Waals surface area contributed by atoms with Gasteiger partial charge in [-0.25, -0.2) is 13.4 Å². The van der Waals surface area contributed by atoms with Crippen molar-refractivity contribution in [2.75, 3.05) is 38.2 Å². The maximum absolute atomic E-state index is 14.7. The molecule has 0 radical (unpaired) electrons. The molecular formula is C36H40F3N5O5S. The molecule has 2 aromatic heterocycles. The van der Waals surface area contributed by atoms with Crippen LogP contribution in [0.3, 0.4) is 0 Å². The van der Waals surface area contributed by atoms with Gasteiger partial charge >= 0.3 is 6.18 Å². The van der Waals surface area contributed by atoms with E-state index in [0.717, 1.165) is 44.0 Å². The van der Waals surface area contributed by atoms with Gasteiger partial charge in [0.2, 0.25) is 5.95 Å². The van der Waals surface area contributed by atoms with Gasteiger partial charge < -0.3 is 20.1 Å². The Morgan fingerprint density at radius 3 is 2.40 bits per heavy atom. The second-order valence-corrected chi connectivity index (χ2v) is 15.6. The standard InChI is InChI=1S/C36H40F3N5O5S/c37-36(38,39)31-19-28(50(46,47)27-4-2-1-3-5-27)10-11-29(31)30-18-25-20-41-35(42-26-8-6-24(7-9-26)32-21-40-14-17-49-32)43-33(25)44(34(30)45)22-23-12-15-48-16-13-23/h6-11,18-20,23,27,32,40H,1-5,12-17,21-22H2,(H,41,42,43). The van der Waals surface area contributed by atoms with Crippen molar-refractivity contribution in [3.05, 3.63) is 76.2 Å². The normalized spacial score (nSPS) is 19.9. The van der Waals surface area contributed by atoms with Crippen molar-refractivity contribution in [2.45, 2.75) is 73.9 Å². The van der Waals surface area contributed by atoms with Crippen LogP contribution in [0.25, 0.3) is 22.2 Å². The quantitative estimate of drug-likeness (QED) is 0.213. The van der Waals surface area contributed by atoms with Crippen LogP contribution in [-0.4, -0.2) is 61.1 Å². The van der Waals surface area contributed by atoms with Crippen molar-refractivity contribution in [1.82, 2.24) is 19.9 Å². The van der Waals surface area contributed by atoms with E-state index in [4.69, 9.17) is 9.47 Å². The van der Waals surface area contributed by atoms with Crippen LogP contribution in [0.15, 0.2) is 64.4 Å². The third-order valence-electron chi connectivity index (χ3n) is 9.98. The number of nitrogens with zero attached hydrogens (tertiary/aromatic N) is 3. The fraction of sp³-hybridized carbons (Fsp3) is 0.472. The Morgan fingerprint density at radius 2 is 1.70 bits per heavy atom. The van der Waals surface area contributed by atoms with Gasteiger partial charge in [-0.15, -0.1) is 0 Å². The zero-order chi connectivity index (χ0) is 34.9. The molecule has 3 fully saturated rings. The zero-order valence-corrected chi connectivity index (χ0v) is 28.4. The number of fused-ring (bicyclic) bond motifs is 1. The smallest absolute Gasteiger partial charge is 0.381 e. The van der Waals surface area contributed by atoms with E-state index in [1.807, 2.05) is 24.3 Å². The van der Waals surface area contributed by atoms with Crippen molar-refractivity contribution < 1.29 is 31.1 Å². The predicted molar refractivity (Wildman–Crippen MR) is 183 cm³/mol. The molecule has 2 aliphatic heterocycles. The van der Waals surface area contributed by atoms with Gasteiger partial charge in [-0.3, -0.25) is 9.36 Å². The van der Waals surface area contributed by atoms with Gasteiger partial charge in [-0.05, 0) is 73.1 Å². The summed E-state index contributed by atoms with van der Waals surface area (Å²) in [6.07, 6.45) is 1.07. The molecule has 1 atom stereocenters. The maximum atomic E-state index is 14.7. The monoisotopic (exact) mass is 711 g/mol. The number of hydrogen-bond acceptors (Lipinski definition) is 9. The first-order valence-electron chi connectivity index (χ1n) is 17.2. The molecule has 2 saturated heterocycles. The summed E-state index contributed by atoms with van der Waals surface area (Å²) in [5, 5.41) is 6.15. The third kappa shape index (κ3) is 7.30. The van der Waals surface area contributed by atoms with E-state index in [9.17, 15) is 26.4 Å². The molecule has 14 heteroatoms. The highest BCUT2D eigenvalue weighted by Gasteiger charge is 2.38. The topological polar surface area (TPSA) is 124 Å². The number of sulfone groups is 1. The van der Waals surface area contributed by atoms with Crippen molar-refractivity contribution in [2.24, 2.45) is 5.92 Å². The van der Waals surface area contributed by atoms with Crippen LogP contribution < -0.4 is 16.2 Å². The highest BCUT2D eigenvalue weighted by atomic mass is 32.2. The number of morpholine rings is 1. The Balaban J connectivity index is 1.28. The fourth-order valence-corrected chi connectivity index (χ4v) is 9.07. The van der Waals surface area contributed by atoms with Crippen molar-refractivity contribution in [3.8, 4) is 11.1 Å². The van der Waals surface area contributed by atoms with Crippen LogP contribution in [0.1, 0.15) is 62.2 Å². The fourth-order valence-electron chi connectivity index (χ4n) is 7.20. The molecule has 0 spiro atoms. The lowest BCUT2D eigenvalue weighted by Gasteiger charge is -2.24. The van der Waals surface area contributed by atoms with Gasteiger partial charge in [0.25, 0.3) is 5.56 Å². The Hall–Kier alpha value is -3.85. The van der Waals surface area contributed by atoms with E-state index in [1.54, 1.807) is 0 Å². The molecule has 10 nitrogen and oxygen atoms in total. The van der Waals surface area contributed by atoms with Crippen LogP contribution in [0.4, 0.5) is 24.8 Å².